The van der Waals surface area contributed by atoms with Crippen molar-refractivity contribution in [1.82, 2.24) is 23.9 Å². The number of hydrogen-bond acceptors (Lipinski definition) is 5. The summed E-state index contributed by atoms with van der Waals surface area (Å²) in [4.78, 5) is 17.1. The molecule has 2 aromatic heterocycles. The fourth-order valence-corrected chi connectivity index (χ4v) is 3.87. The van der Waals surface area contributed by atoms with E-state index in [1.807, 2.05) is 0 Å². The summed E-state index contributed by atoms with van der Waals surface area (Å²) in [5.41, 5.74) is -2.23. The zero-order valence-corrected chi connectivity index (χ0v) is 19.4. The Labute approximate surface area is 207 Å². The molecule has 0 aliphatic heterocycles. The molecule has 0 saturated heterocycles. The lowest BCUT2D eigenvalue weighted by molar-refractivity contribution is -0.148. The normalized spacial score (nSPS) is 14.5. The number of nitrogens with zero attached hydrogens (tertiary/aromatic N) is 5. The van der Waals surface area contributed by atoms with E-state index in [0.717, 1.165) is 0 Å². The third kappa shape index (κ3) is 5.26. The highest BCUT2D eigenvalue weighted by Crippen LogP contribution is 2.36. The predicted octanol–water partition coefficient (Wildman–Crippen LogP) is 3.80. The topological polar surface area (TPSA) is 87.1 Å². The van der Waals surface area contributed by atoms with Gasteiger partial charge in [0.25, 0.3) is 0 Å². The van der Waals surface area contributed by atoms with Crippen LogP contribution >= 0.6 is 0 Å². The number of aromatic nitrogens is 5. The average molecular weight is 523 g/mol. The Morgan fingerprint density at radius 3 is 2.41 bits per heavy atom. The summed E-state index contributed by atoms with van der Waals surface area (Å²) >= 11 is 0. The number of halogens is 5. The largest absolute Gasteiger partial charge is 0.487 e. The fourth-order valence-electron chi connectivity index (χ4n) is 3.87. The second-order valence-corrected chi connectivity index (χ2v) is 8.38. The molecular formula is C24H22F5N5O3. The van der Waals surface area contributed by atoms with Gasteiger partial charge in [0.15, 0.2) is 6.61 Å². The van der Waals surface area contributed by atoms with Crippen molar-refractivity contribution in [2.45, 2.75) is 37.5 Å². The summed E-state index contributed by atoms with van der Waals surface area (Å²) in [6.07, 6.45) is 1.58. The lowest BCUT2D eigenvalue weighted by Crippen LogP contribution is -2.43. The second kappa shape index (κ2) is 10.2. The average Bonchev–Trinajstić information content (AvgIpc) is 3.52. The minimum Gasteiger partial charge on any atom is -0.487 e. The first-order valence-electron chi connectivity index (χ1n) is 11.0. The fraction of sp³-hybridized carbons (Fsp3) is 0.292. The van der Waals surface area contributed by atoms with Gasteiger partial charge in [-0.3, -0.25) is 9.13 Å². The molecule has 0 radical (unpaired) electrons. The monoisotopic (exact) mass is 523 g/mol. The Kier molecular flexibility index (Phi) is 7.16. The Morgan fingerprint density at radius 2 is 1.78 bits per heavy atom. The third-order valence-corrected chi connectivity index (χ3v) is 5.99. The van der Waals surface area contributed by atoms with Crippen molar-refractivity contribution in [1.29, 1.82) is 0 Å². The smallest absolute Gasteiger partial charge is 0.340 e. The SMILES string of the molecule is C[C@@H](n1ccn(-c2ccc(OCC(F)(F)C(F)F)cc2)c1=O)C(O)(Cn1cncn1)c1ccccc1F. The second-order valence-electron chi connectivity index (χ2n) is 8.38. The maximum Gasteiger partial charge on any atom is 0.340 e. The highest BCUT2D eigenvalue weighted by Gasteiger charge is 2.42. The molecule has 4 rings (SSSR count). The number of hydrogen-bond donors (Lipinski definition) is 1. The minimum atomic E-state index is -4.30. The van der Waals surface area contributed by atoms with E-state index in [2.05, 4.69) is 10.1 Å². The maximum atomic E-state index is 14.8. The van der Waals surface area contributed by atoms with Crippen molar-refractivity contribution < 1.29 is 31.8 Å². The van der Waals surface area contributed by atoms with Crippen molar-refractivity contribution in [3.05, 3.63) is 95.4 Å². The molecule has 0 aliphatic carbocycles. The molecule has 0 aliphatic rings. The van der Waals surface area contributed by atoms with Crippen molar-refractivity contribution >= 4 is 0 Å². The highest BCUT2D eigenvalue weighted by molar-refractivity contribution is 5.37. The van der Waals surface area contributed by atoms with Gasteiger partial charge >= 0.3 is 18.0 Å². The molecule has 37 heavy (non-hydrogen) atoms. The number of benzene rings is 2. The molecule has 4 aromatic rings. The Balaban J connectivity index is 1.62. The molecule has 1 unspecified atom stereocenters. The van der Waals surface area contributed by atoms with Gasteiger partial charge in [-0.2, -0.15) is 13.9 Å². The molecule has 13 heteroatoms. The lowest BCUT2D eigenvalue weighted by atomic mass is 9.86. The quantitative estimate of drug-likeness (QED) is 0.320. The molecule has 2 aromatic carbocycles. The first-order valence-corrected chi connectivity index (χ1v) is 11.0. The van der Waals surface area contributed by atoms with Gasteiger partial charge in [0, 0.05) is 18.0 Å². The van der Waals surface area contributed by atoms with E-state index in [-0.39, 0.29) is 17.9 Å². The van der Waals surface area contributed by atoms with Crippen molar-refractivity contribution in [2.24, 2.45) is 0 Å². The highest BCUT2D eigenvalue weighted by atomic mass is 19.3. The molecule has 8 nitrogen and oxygen atoms in total. The summed E-state index contributed by atoms with van der Waals surface area (Å²) in [6.45, 7) is -0.157. The van der Waals surface area contributed by atoms with Crippen LogP contribution in [-0.2, 0) is 12.1 Å². The summed E-state index contributed by atoms with van der Waals surface area (Å²) in [6, 6.07) is 9.94. The van der Waals surface area contributed by atoms with Crippen LogP contribution < -0.4 is 10.4 Å². The molecule has 196 valence electrons. The Bertz CT molecular complexity index is 1390. The molecule has 1 N–H and O–H groups in total. The van der Waals surface area contributed by atoms with E-state index in [4.69, 9.17) is 4.74 Å². The predicted molar refractivity (Wildman–Crippen MR) is 122 cm³/mol. The van der Waals surface area contributed by atoms with E-state index in [9.17, 15) is 31.9 Å². The molecule has 0 fully saturated rings. The summed E-state index contributed by atoms with van der Waals surface area (Å²) in [5, 5.41) is 15.7. The molecule has 2 heterocycles. The Hall–Kier alpha value is -4.00. The molecule has 0 spiro atoms. The van der Waals surface area contributed by atoms with Gasteiger partial charge in [-0.25, -0.2) is 27.6 Å². The van der Waals surface area contributed by atoms with Crippen LogP contribution in [0.3, 0.4) is 0 Å². The van der Waals surface area contributed by atoms with Gasteiger partial charge in [0.05, 0.1) is 18.3 Å². The number of rotatable bonds is 10. The first-order chi connectivity index (χ1) is 17.5. The van der Waals surface area contributed by atoms with E-state index < -0.39 is 42.1 Å². The van der Waals surface area contributed by atoms with Crippen LogP contribution in [-0.4, -0.2) is 48.0 Å². The van der Waals surface area contributed by atoms with Crippen LogP contribution in [0.2, 0.25) is 0 Å². The Morgan fingerprint density at radius 1 is 1.08 bits per heavy atom. The molecule has 2 atom stereocenters. The number of imidazole rings is 1. The van der Waals surface area contributed by atoms with Crippen LogP contribution in [0.15, 0.2) is 78.4 Å². The van der Waals surface area contributed by atoms with Crippen molar-refractivity contribution in [3.8, 4) is 11.4 Å². The third-order valence-electron chi connectivity index (χ3n) is 5.99. The summed E-state index contributed by atoms with van der Waals surface area (Å²) < 4.78 is 74.1. The minimum absolute atomic E-state index is 0.0419. The maximum absolute atomic E-state index is 14.8. The van der Waals surface area contributed by atoms with Crippen LogP contribution in [0.4, 0.5) is 22.0 Å². The molecular weight excluding hydrogens is 501 g/mol. The number of aliphatic hydroxyl groups is 1. The standard InChI is InChI=1S/C24H22F5N5O3/c1-16(23(36,12-32-15-30-14-31-32)19-4-2-3-5-20(19)25)33-10-11-34(22(33)35)17-6-8-18(9-7-17)37-13-24(28,29)21(26)27/h2-11,14-16,21,36H,12-13H2,1H3/t16-,23?/m1/s1. The van der Waals surface area contributed by atoms with Crippen LogP contribution in [0, 0.1) is 5.82 Å². The van der Waals surface area contributed by atoms with Crippen LogP contribution in [0.5, 0.6) is 5.75 Å². The summed E-state index contributed by atoms with van der Waals surface area (Å²) in [7, 11) is 0. The number of ether oxygens (including phenoxy) is 1. The van der Waals surface area contributed by atoms with Gasteiger partial charge < -0.3 is 9.84 Å². The van der Waals surface area contributed by atoms with Crippen molar-refractivity contribution in [3.63, 3.8) is 0 Å². The van der Waals surface area contributed by atoms with Crippen LogP contribution in [0.1, 0.15) is 18.5 Å². The van der Waals surface area contributed by atoms with Gasteiger partial charge in [-0.1, -0.05) is 18.2 Å². The van der Waals surface area contributed by atoms with Crippen LogP contribution in [0.25, 0.3) is 5.69 Å². The molecule has 0 amide bonds. The first kappa shape index (κ1) is 26.1. The summed E-state index contributed by atoms with van der Waals surface area (Å²) in [5.74, 6) is -5.06. The lowest BCUT2D eigenvalue weighted by Gasteiger charge is -2.35. The van der Waals surface area contributed by atoms with E-state index >= 15 is 0 Å². The zero-order valence-electron chi connectivity index (χ0n) is 19.4. The van der Waals surface area contributed by atoms with Gasteiger partial charge in [-0.15, -0.1) is 0 Å². The van der Waals surface area contributed by atoms with Gasteiger partial charge in [0.1, 0.15) is 29.8 Å². The molecule has 0 bridgehead atoms. The van der Waals surface area contributed by atoms with E-state index in [0.29, 0.717) is 5.69 Å². The molecule has 0 saturated carbocycles. The van der Waals surface area contributed by atoms with Gasteiger partial charge in [0.2, 0.25) is 0 Å². The van der Waals surface area contributed by atoms with E-state index in [1.165, 1.54) is 81.3 Å². The van der Waals surface area contributed by atoms with E-state index in [1.54, 1.807) is 13.0 Å². The van der Waals surface area contributed by atoms with Gasteiger partial charge in [-0.05, 0) is 37.3 Å². The number of alkyl halides is 4. The zero-order chi connectivity index (χ0) is 26.8. The van der Waals surface area contributed by atoms with Crippen molar-refractivity contribution in [2.75, 3.05) is 6.61 Å².